The molecule has 0 aromatic heterocycles. The van der Waals surface area contributed by atoms with Crippen molar-refractivity contribution in [1.82, 2.24) is 0 Å². The Bertz CT molecular complexity index is 946. The van der Waals surface area contributed by atoms with Crippen molar-refractivity contribution >= 4 is 17.7 Å². The van der Waals surface area contributed by atoms with E-state index in [4.69, 9.17) is 28.4 Å². The Morgan fingerprint density at radius 2 is 0.870 bits per heavy atom. The van der Waals surface area contributed by atoms with Crippen molar-refractivity contribution < 1.29 is 105 Å². The summed E-state index contributed by atoms with van der Waals surface area (Å²) in [6.45, 7) is -3.97. The van der Waals surface area contributed by atoms with Gasteiger partial charge in [-0.2, -0.15) is 0 Å². The van der Waals surface area contributed by atoms with Crippen LogP contribution >= 0.6 is 12.6 Å². The largest absolute Gasteiger partial charge is 0.394 e. The molecule has 21 nitrogen and oxygen atoms in total. The lowest BCUT2D eigenvalue weighted by molar-refractivity contribution is -0.363. The molecule has 0 radical (unpaired) electrons. The minimum Gasteiger partial charge on any atom is -0.394 e. The quantitative estimate of drug-likeness (QED) is 0.0749. The number of aliphatic hydroxyl groups is 14. The second kappa shape index (κ2) is 17.2. The van der Waals surface area contributed by atoms with Crippen LogP contribution in [-0.4, -0.2) is 220 Å². The number of carbonyl (C=O) groups is 1. The Morgan fingerprint density at radius 3 is 1.17 bits per heavy atom. The van der Waals surface area contributed by atoms with Crippen LogP contribution in [0, 0.1) is 0 Å². The van der Waals surface area contributed by atoms with Crippen LogP contribution in [0.15, 0.2) is 0 Å². The molecular formula is C24H42O21S. The Labute approximate surface area is 265 Å². The summed E-state index contributed by atoms with van der Waals surface area (Å²) in [5, 5.41) is 141. The SMILES string of the molecule is O=C(S)[C@H](O[C@@H]1O[C@H](CO)[C@@H](O)[C@H](O)[C@H]1O)[C@@H](O[C@@H]1O[C@H](CO)[C@@H](O)[C@H](O)[C@H]1O)[C@H](O[C@@H]1O[C@H](CO)[C@@H](O)[C@H](O)[C@H]1O)[C@H](O)CO. The van der Waals surface area contributed by atoms with Crippen LogP contribution in [0.1, 0.15) is 0 Å². The molecule has 0 saturated carbocycles. The highest BCUT2D eigenvalue weighted by molar-refractivity contribution is 7.96. The zero-order valence-electron chi connectivity index (χ0n) is 23.9. The third-order valence-electron chi connectivity index (χ3n) is 7.84. The number of ether oxygens (including phenoxy) is 6. The van der Waals surface area contributed by atoms with Gasteiger partial charge in [-0.15, -0.1) is 12.6 Å². The highest BCUT2D eigenvalue weighted by atomic mass is 32.1. The molecule has 3 saturated heterocycles. The molecular weight excluding hydrogens is 656 g/mol. The van der Waals surface area contributed by atoms with Crippen molar-refractivity contribution in [1.29, 1.82) is 0 Å². The van der Waals surface area contributed by atoms with E-state index in [1.54, 1.807) is 0 Å². The molecule has 0 spiro atoms. The van der Waals surface area contributed by atoms with Crippen molar-refractivity contribution in [3.05, 3.63) is 0 Å². The summed E-state index contributed by atoms with van der Waals surface area (Å²) >= 11 is 3.73. The Balaban J connectivity index is 2.06. The maximum Gasteiger partial charge on any atom is 0.217 e. The fraction of sp³-hybridized carbons (Fsp3) is 0.958. The molecule has 19 atom stereocenters. The van der Waals surface area contributed by atoms with Crippen molar-refractivity contribution in [2.24, 2.45) is 0 Å². The highest BCUT2D eigenvalue weighted by Crippen LogP contribution is 2.32. The number of rotatable bonds is 14. The average Bonchev–Trinajstić information content (AvgIpc) is 3.04. The van der Waals surface area contributed by atoms with Gasteiger partial charge >= 0.3 is 0 Å². The minimum atomic E-state index is -2.28. The van der Waals surface area contributed by atoms with Gasteiger partial charge in [0.1, 0.15) is 91.6 Å². The third-order valence-corrected chi connectivity index (χ3v) is 8.09. The molecule has 3 heterocycles. The molecule has 22 heteroatoms. The molecule has 0 aromatic rings. The van der Waals surface area contributed by atoms with Crippen molar-refractivity contribution in [2.75, 3.05) is 26.4 Å². The van der Waals surface area contributed by atoms with Gasteiger partial charge in [0.2, 0.25) is 5.12 Å². The number of hydrogen-bond acceptors (Lipinski definition) is 21. The molecule has 0 amide bonds. The fourth-order valence-corrected chi connectivity index (χ4v) is 5.29. The van der Waals surface area contributed by atoms with Gasteiger partial charge in [0.15, 0.2) is 25.0 Å². The van der Waals surface area contributed by atoms with Crippen LogP contribution in [0.4, 0.5) is 0 Å². The molecule has 270 valence electrons. The molecule has 14 N–H and O–H groups in total. The van der Waals surface area contributed by atoms with Gasteiger partial charge in [0.05, 0.1) is 26.4 Å². The van der Waals surface area contributed by atoms with E-state index in [1.807, 2.05) is 0 Å². The lowest BCUT2D eigenvalue weighted by atomic mass is 9.97. The lowest BCUT2D eigenvalue weighted by Crippen LogP contribution is -2.65. The predicted octanol–water partition coefficient (Wildman–Crippen LogP) is -9.65. The predicted molar refractivity (Wildman–Crippen MR) is 143 cm³/mol. The van der Waals surface area contributed by atoms with E-state index < -0.39 is 148 Å². The van der Waals surface area contributed by atoms with Gasteiger partial charge < -0.3 is 99.9 Å². The first kappa shape index (κ1) is 39.7. The average molecular weight is 699 g/mol. The van der Waals surface area contributed by atoms with Crippen LogP contribution in [0.3, 0.4) is 0 Å². The van der Waals surface area contributed by atoms with Gasteiger partial charge in [0, 0.05) is 0 Å². The molecule has 0 bridgehead atoms. The van der Waals surface area contributed by atoms with Gasteiger partial charge in [-0.05, 0) is 0 Å². The molecule has 3 aliphatic heterocycles. The molecule has 0 aliphatic carbocycles. The zero-order chi connectivity index (χ0) is 34.6. The number of carbonyl (C=O) groups excluding carboxylic acids is 1. The first-order valence-corrected chi connectivity index (χ1v) is 14.5. The lowest BCUT2D eigenvalue weighted by Gasteiger charge is -2.46. The summed E-state index contributed by atoms with van der Waals surface area (Å²) in [6.07, 6.45) is -37.9. The minimum absolute atomic E-state index is 0.916. The van der Waals surface area contributed by atoms with Gasteiger partial charge in [0.25, 0.3) is 0 Å². The van der Waals surface area contributed by atoms with Crippen LogP contribution in [0.5, 0.6) is 0 Å². The normalized spacial score (nSPS) is 44.7. The summed E-state index contributed by atoms with van der Waals surface area (Å²) in [5.41, 5.74) is 0. The van der Waals surface area contributed by atoms with E-state index in [0.29, 0.717) is 0 Å². The highest BCUT2D eigenvalue weighted by Gasteiger charge is 2.53. The summed E-state index contributed by atoms with van der Waals surface area (Å²) in [5.74, 6) is 0. The van der Waals surface area contributed by atoms with Gasteiger partial charge in [-0.3, -0.25) is 4.79 Å². The Morgan fingerprint density at radius 1 is 0.543 bits per heavy atom. The van der Waals surface area contributed by atoms with E-state index in [9.17, 15) is 76.3 Å². The molecule has 3 aliphatic rings. The first-order chi connectivity index (χ1) is 21.6. The van der Waals surface area contributed by atoms with Crippen molar-refractivity contribution in [3.8, 4) is 0 Å². The second-order valence-electron chi connectivity index (χ2n) is 10.9. The second-order valence-corrected chi connectivity index (χ2v) is 11.4. The van der Waals surface area contributed by atoms with Crippen LogP contribution in [0.2, 0.25) is 0 Å². The van der Waals surface area contributed by atoms with E-state index in [2.05, 4.69) is 12.6 Å². The monoisotopic (exact) mass is 698 g/mol. The molecule has 0 unspecified atom stereocenters. The van der Waals surface area contributed by atoms with Gasteiger partial charge in [-0.1, -0.05) is 0 Å². The van der Waals surface area contributed by atoms with Crippen molar-refractivity contribution in [2.45, 2.75) is 117 Å². The van der Waals surface area contributed by atoms with Crippen LogP contribution < -0.4 is 0 Å². The number of hydrogen-bond donors (Lipinski definition) is 15. The summed E-state index contributed by atoms with van der Waals surface area (Å²) in [6, 6.07) is 0. The van der Waals surface area contributed by atoms with Crippen molar-refractivity contribution in [3.63, 3.8) is 0 Å². The van der Waals surface area contributed by atoms with Gasteiger partial charge in [-0.25, -0.2) is 0 Å². The third kappa shape index (κ3) is 8.50. The summed E-state index contributed by atoms with van der Waals surface area (Å²) in [4.78, 5) is 12.9. The Hall–Kier alpha value is -0.780. The Kier molecular flexibility index (Phi) is 14.9. The molecule has 3 rings (SSSR count). The van der Waals surface area contributed by atoms with E-state index in [1.165, 1.54) is 0 Å². The number of aliphatic hydroxyl groups excluding tert-OH is 14. The zero-order valence-corrected chi connectivity index (χ0v) is 24.8. The first-order valence-electron chi connectivity index (χ1n) is 14.0. The van der Waals surface area contributed by atoms with E-state index in [-0.39, 0.29) is 0 Å². The molecule has 3 fully saturated rings. The smallest absolute Gasteiger partial charge is 0.217 e. The van der Waals surface area contributed by atoms with E-state index in [0.717, 1.165) is 0 Å². The maximum absolute atomic E-state index is 12.9. The fourth-order valence-electron chi connectivity index (χ4n) is 5.08. The maximum atomic E-state index is 12.9. The van der Waals surface area contributed by atoms with Crippen LogP contribution in [-0.2, 0) is 33.2 Å². The summed E-state index contributed by atoms with van der Waals surface area (Å²) in [7, 11) is 0. The molecule has 46 heavy (non-hydrogen) atoms. The topological polar surface area (TPSA) is 356 Å². The number of thiol groups is 1. The summed E-state index contributed by atoms with van der Waals surface area (Å²) < 4.78 is 32.6. The van der Waals surface area contributed by atoms with Crippen LogP contribution in [0.25, 0.3) is 0 Å². The van der Waals surface area contributed by atoms with E-state index >= 15 is 0 Å². The molecule has 0 aromatic carbocycles. The standard InChI is InChI=1S/C24H42O21S/c25-1-5(29)18(43-22-15(36)12(33)9(30)6(2-26)40-22)19(44-23-16(37)13(34)10(31)7(3-27)41-23)20(21(39)46)45-24-17(38)14(35)11(32)8(4-28)42-24/h5-20,22-38H,1-4H2,(H,39,46)/t5-,6-,7-,8-,9-,10-,11-,12+,13+,14+,15-,16-,17-,18-,19+,20-,22+,23+,24+/m1/s1.